The lowest BCUT2D eigenvalue weighted by Gasteiger charge is -2.15. The summed E-state index contributed by atoms with van der Waals surface area (Å²) in [4.78, 5) is 34.8. The highest BCUT2D eigenvalue weighted by molar-refractivity contribution is 6.42. The van der Waals surface area contributed by atoms with Crippen LogP contribution in [-0.2, 0) is 16.2 Å². The van der Waals surface area contributed by atoms with Gasteiger partial charge in [-0.25, -0.2) is 4.79 Å². The molecule has 1 aliphatic rings. The van der Waals surface area contributed by atoms with Crippen molar-refractivity contribution < 1.29 is 19.1 Å². The Morgan fingerprint density at radius 3 is 2.31 bits per heavy atom. The lowest BCUT2D eigenvalue weighted by molar-refractivity contribution is -0.123. The van der Waals surface area contributed by atoms with Crippen LogP contribution < -0.4 is 15.4 Å². The van der Waals surface area contributed by atoms with Crippen molar-refractivity contribution >= 4 is 47.1 Å². The second-order valence-electron chi connectivity index (χ2n) is 5.37. The summed E-state index contributed by atoms with van der Waals surface area (Å²) in [6, 6.07) is 11.2. The maximum absolute atomic E-state index is 11.9. The van der Waals surface area contributed by atoms with E-state index < -0.39 is 17.8 Å². The molecule has 8 heteroatoms. The monoisotopic (exact) mass is 390 g/mol. The molecule has 0 aliphatic carbocycles. The third-order valence-electron chi connectivity index (χ3n) is 3.54. The van der Waals surface area contributed by atoms with Crippen molar-refractivity contribution in [1.29, 1.82) is 0 Å². The lowest BCUT2D eigenvalue weighted by Crippen LogP contribution is -2.51. The first-order chi connectivity index (χ1) is 12.4. The number of carbonyl (C=O) groups excluding carboxylic acids is 3. The van der Waals surface area contributed by atoms with Crippen molar-refractivity contribution in [3.63, 3.8) is 0 Å². The van der Waals surface area contributed by atoms with Crippen molar-refractivity contribution in [2.75, 3.05) is 0 Å². The minimum Gasteiger partial charge on any atom is -0.488 e. The Bertz CT molecular complexity index is 919. The van der Waals surface area contributed by atoms with Crippen molar-refractivity contribution in [1.82, 2.24) is 10.6 Å². The molecule has 3 rings (SSSR count). The van der Waals surface area contributed by atoms with E-state index in [9.17, 15) is 14.4 Å². The number of rotatable bonds is 4. The van der Waals surface area contributed by atoms with E-state index in [2.05, 4.69) is 0 Å². The molecule has 2 aromatic carbocycles. The van der Waals surface area contributed by atoms with Crippen LogP contribution in [0.1, 0.15) is 11.1 Å². The molecule has 2 N–H and O–H groups in total. The van der Waals surface area contributed by atoms with Gasteiger partial charge in [-0.05, 0) is 29.8 Å². The average molecular weight is 391 g/mol. The molecule has 0 bridgehead atoms. The Morgan fingerprint density at radius 2 is 1.62 bits per heavy atom. The van der Waals surface area contributed by atoms with Gasteiger partial charge in [0.2, 0.25) is 0 Å². The van der Waals surface area contributed by atoms with E-state index in [1.165, 1.54) is 6.08 Å². The summed E-state index contributed by atoms with van der Waals surface area (Å²) in [6.07, 6.45) is 1.36. The molecule has 4 amide bonds. The van der Waals surface area contributed by atoms with Gasteiger partial charge in [-0.1, -0.05) is 47.5 Å². The van der Waals surface area contributed by atoms with Crippen LogP contribution in [-0.4, -0.2) is 17.8 Å². The fourth-order valence-corrected chi connectivity index (χ4v) is 2.60. The average Bonchev–Trinajstić information content (AvgIpc) is 2.60. The lowest BCUT2D eigenvalue weighted by atomic mass is 10.1. The molecule has 132 valence electrons. The molecule has 1 fully saturated rings. The van der Waals surface area contributed by atoms with E-state index in [0.717, 1.165) is 5.56 Å². The molecule has 0 radical (unpaired) electrons. The molecule has 6 nitrogen and oxygen atoms in total. The number of halogens is 2. The van der Waals surface area contributed by atoms with Crippen molar-refractivity contribution in [2.45, 2.75) is 6.61 Å². The standard InChI is InChI=1S/C18H12Cl2N2O4/c19-13-6-5-10(7-14(13)20)9-26-15-4-2-1-3-11(15)8-12-16(23)21-18(25)22-17(12)24/h1-8H,9H2,(H2,21,22,23,24,25). The summed E-state index contributed by atoms with van der Waals surface area (Å²) in [5.41, 5.74) is 1.14. The van der Waals surface area contributed by atoms with Crippen LogP contribution >= 0.6 is 23.2 Å². The zero-order valence-electron chi connectivity index (χ0n) is 13.2. The summed E-state index contributed by atoms with van der Waals surface area (Å²) in [7, 11) is 0. The van der Waals surface area contributed by atoms with E-state index in [1.54, 1.807) is 42.5 Å². The molecule has 0 spiro atoms. The second kappa shape index (κ2) is 7.59. The minimum absolute atomic E-state index is 0.185. The van der Waals surface area contributed by atoms with Crippen molar-refractivity contribution in [3.8, 4) is 5.75 Å². The third kappa shape index (κ3) is 4.04. The first kappa shape index (κ1) is 18.0. The van der Waals surface area contributed by atoms with Crippen LogP contribution in [0.4, 0.5) is 4.79 Å². The Kier molecular flexibility index (Phi) is 5.25. The van der Waals surface area contributed by atoms with E-state index in [1.807, 2.05) is 10.6 Å². The number of barbiturate groups is 1. The van der Waals surface area contributed by atoms with Gasteiger partial charge in [0.05, 0.1) is 10.0 Å². The van der Waals surface area contributed by atoms with E-state index >= 15 is 0 Å². The van der Waals surface area contributed by atoms with E-state index in [-0.39, 0.29) is 12.2 Å². The number of para-hydroxylation sites is 1. The fourth-order valence-electron chi connectivity index (χ4n) is 2.28. The Balaban J connectivity index is 1.83. The second-order valence-corrected chi connectivity index (χ2v) is 6.18. The summed E-state index contributed by atoms with van der Waals surface area (Å²) in [6.45, 7) is 0.216. The number of hydrogen-bond acceptors (Lipinski definition) is 4. The molecule has 1 saturated heterocycles. The highest BCUT2D eigenvalue weighted by atomic mass is 35.5. The molecule has 0 saturated carbocycles. The van der Waals surface area contributed by atoms with Gasteiger partial charge < -0.3 is 4.74 Å². The zero-order chi connectivity index (χ0) is 18.7. The number of hydrogen-bond donors (Lipinski definition) is 2. The number of carbonyl (C=O) groups is 3. The van der Waals surface area contributed by atoms with Gasteiger partial charge in [-0.15, -0.1) is 0 Å². The third-order valence-corrected chi connectivity index (χ3v) is 4.28. The summed E-state index contributed by atoms with van der Waals surface area (Å²) < 4.78 is 5.77. The summed E-state index contributed by atoms with van der Waals surface area (Å²) in [5, 5.41) is 4.91. The highest BCUT2D eigenvalue weighted by Gasteiger charge is 2.27. The zero-order valence-corrected chi connectivity index (χ0v) is 14.7. The van der Waals surface area contributed by atoms with Crippen LogP contribution in [0, 0.1) is 0 Å². The van der Waals surface area contributed by atoms with Crippen molar-refractivity contribution in [3.05, 3.63) is 69.2 Å². The molecular formula is C18H12Cl2N2O4. The predicted molar refractivity (Wildman–Crippen MR) is 96.9 cm³/mol. The van der Waals surface area contributed by atoms with Crippen LogP contribution in [0.15, 0.2) is 48.0 Å². The molecule has 0 aromatic heterocycles. The summed E-state index contributed by atoms with van der Waals surface area (Å²) in [5.74, 6) is -1.07. The van der Waals surface area contributed by atoms with E-state index in [4.69, 9.17) is 27.9 Å². The van der Waals surface area contributed by atoms with Gasteiger partial charge in [-0.3, -0.25) is 20.2 Å². The Hall–Kier alpha value is -2.83. The normalized spacial score (nSPS) is 13.9. The van der Waals surface area contributed by atoms with Crippen LogP contribution in [0.5, 0.6) is 5.75 Å². The molecule has 1 heterocycles. The first-order valence-corrected chi connectivity index (χ1v) is 8.24. The summed E-state index contributed by atoms with van der Waals surface area (Å²) >= 11 is 11.9. The maximum Gasteiger partial charge on any atom is 0.328 e. The Labute approximate surface area is 158 Å². The maximum atomic E-state index is 11.9. The van der Waals surface area contributed by atoms with Crippen LogP contribution in [0.25, 0.3) is 6.08 Å². The predicted octanol–water partition coefficient (Wildman–Crippen LogP) is 3.32. The van der Waals surface area contributed by atoms with Gasteiger partial charge >= 0.3 is 6.03 Å². The van der Waals surface area contributed by atoms with Gasteiger partial charge in [0.1, 0.15) is 17.9 Å². The van der Waals surface area contributed by atoms with Gasteiger partial charge in [0.15, 0.2) is 0 Å². The fraction of sp³-hybridized carbons (Fsp3) is 0.0556. The number of benzene rings is 2. The Morgan fingerprint density at radius 1 is 0.923 bits per heavy atom. The number of amides is 4. The quantitative estimate of drug-likeness (QED) is 0.619. The largest absolute Gasteiger partial charge is 0.488 e. The molecule has 2 aromatic rings. The molecule has 0 atom stereocenters. The molecule has 0 unspecified atom stereocenters. The van der Waals surface area contributed by atoms with Crippen LogP contribution in [0.3, 0.4) is 0 Å². The SMILES string of the molecule is O=C1NC(=O)C(=Cc2ccccc2OCc2ccc(Cl)c(Cl)c2)C(=O)N1. The van der Waals surface area contributed by atoms with E-state index in [0.29, 0.717) is 21.4 Å². The molecule has 26 heavy (non-hydrogen) atoms. The van der Waals surface area contributed by atoms with Gasteiger partial charge in [0, 0.05) is 5.56 Å². The number of ether oxygens (including phenoxy) is 1. The topological polar surface area (TPSA) is 84.5 Å². The smallest absolute Gasteiger partial charge is 0.328 e. The number of imide groups is 2. The van der Waals surface area contributed by atoms with Gasteiger partial charge in [-0.2, -0.15) is 0 Å². The number of urea groups is 1. The van der Waals surface area contributed by atoms with Crippen LogP contribution in [0.2, 0.25) is 10.0 Å². The first-order valence-electron chi connectivity index (χ1n) is 7.48. The molecular weight excluding hydrogens is 379 g/mol. The molecule has 1 aliphatic heterocycles. The minimum atomic E-state index is -0.846. The highest BCUT2D eigenvalue weighted by Crippen LogP contribution is 2.25. The van der Waals surface area contributed by atoms with Crippen molar-refractivity contribution in [2.24, 2.45) is 0 Å². The number of nitrogens with one attached hydrogen (secondary N) is 2. The van der Waals surface area contributed by atoms with Gasteiger partial charge in [0.25, 0.3) is 11.8 Å².